The molecule has 0 bridgehead atoms. The molecule has 0 aliphatic rings. The van der Waals surface area contributed by atoms with Gasteiger partial charge < -0.3 is 4.98 Å². The van der Waals surface area contributed by atoms with Crippen molar-refractivity contribution in [2.75, 3.05) is 0 Å². The lowest BCUT2D eigenvalue weighted by Gasteiger charge is -2.11. The van der Waals surface area contributed by atoms with Crippen molar-refractivity contribution in [1.82, 2.24) is 15.0 Å². The molecular formula is C17H10F3N3O2S. The van der Waals surface area contributed by atoms with Gasteiger partial charge in [-0.2, -0.15) is 13.2 Å². The highest BCUT2D eigenvalue weighted by Gasteiger charge is 2.36. The standard InChI is InChI=1S/C17H10F3N3O2S/c18-17(19,20)14-9-13(16-11(23-14)6-8-22-16)26(24,25)12-5-1-3-10-4-2-7-21-15(10)12/h1-9,22H. The van der Waals surface area contributed by atoms with Crippen LogP contribution in [0.4, 0.5) is 13.2 Å². The van der Waals surface area contributed by atoms with Crippen LogP contribution in [-0.2, 0) is 16.0 Å². The van der Waals surface area contributed by atoms with Gasteiger partial charge in [-0.15, -0.1) is 0 Å². The van der Waals surface area contributed by atoms with Crippen LogP contribution in [0.15, 0.2) is 64.6 Å². The molecule has 4 aromatic rings. The Kier molecular flexibility index (Phi) is 3.52. The average molecular weight is 377 g/mol. The third-order valence-corrected chi connectivity index (χ3v) is 5.75. The molecule has 3 aromatic heterocycles. The van der Waals surface area contributed by atoms with Crippen LogP contribution in [0, 0.1) is 0 Å². The molecule has 5 nitrogen and oxygen atoms in total. The number of hydrogen-bond donors (Lipinski definition) is 1. The Balaban J connectivity index is 2.06. The number of aromatic nitrogens is 3. The molecule has 1 aromatic carbocycles. The number of para-hydroxylation sites is 1. The number of benzene rings is 1. The summed E-state index contributed by atoms with van der Waals surface area (Å²) < 4.78 is 65.9. The molecule has 0 aliphatic carbocycles. The van der Waals surface area contributed by atoms with Gasteiger partial charge >= 0.3 is 6.18 Å². The van der Waals surface area contributed by atoms with Crippen molar-refractivity contribution < 1.29 is 21.6 Å². The monoisotopic (exact) mass is 377 g/mol. The quantitative estimate of drug-likeness (QED) is 0.574. The molecule has 132 valence electrons. The van der Waals surface area contributed by atoms with Crippen LogP contribution in [0.2, 0.25) is 0 Å². The van der Waals surface area contributed by atoms with Gasteiger partial charge in [0.1, 0.15) is 5.69 Å². The van der Waals surface area contributed by atoms with E-state index >= 15 is 0 Å². The van der Waals surface area contributed by atoms with Gasteiger partial charge in [-0.1, -0.05) is 18.2 Å². The highest BCUT2D eigenvalue weighted by molar-refractivity contribution is 7.92. The van der Waals surface area contributed by atoms with E-state index in [0.29, 0.717) is 11.5 Å². The van der Waals surface area contributed by atoms with Crippen LogP contribution in [0.25, 0.3) is 21.9 Å². The number of sulfone groups is 1. The largest absolute Gasteiger partial charge is 0.433 e. The van der Waals surface area contributed by atoms with E-state index in [2.05, 4.69) is 15.0 Å². The predicted molar refractivity (Wildman–Crippen MR) is 88.3 cm³/mol. The first-order valence-corrected chi connectivity index (χ1v) is 8.91. The normalized spacial score (nSPS) is 12.7. The number of pyridine rings is 2. The molecule has 0 unspecified atom stereocenters. The topological polar surface area (TPSA) is 75.7 Å². The van der Waals surface area contributed by atoms with Gasteiger partial charge in [-0.3, -0.25) is 4.98 Å². The number of halogens is 3. The zero-order valence-electron chi connectivity index (χ0n) is 12.9. The molecule has 0 atom stereocenters. The van der Waals surface area contributed by atoms with Gasteiger partial charge in [0.2, 0.25) is 9.84 Å². The Morgan fingerprint density at radius 2 is 1.77 bits per heavy atom. The van der Waals surface area contributed by atoms with Gasteiger partial charge in [0.05, 0.1) is 26.3 Å². The molecule has 0 fully saturated rings. The minimum atomic E-state index is -4.77. The smallest absolute Gasteiger partial charge is 0.359 e. The van der Waals surface area contributed by atoms with E-state index in [9.17, 15) is 21.6 Å². The second kappa shape index (κ2) is 5.53. The van der Waals surface area contributed by atoms with Crippen molar-refractivity contribution >= 4 is 31.8 Å². The van der Waals surface area contributed by atoms with Gasteiger partial charge in [0, 0.05) is 17.8 Å². The molecule has 1 N–H and O–H groups in total. The van der Waals surface area contributed by atoms with Crippen molar-refractivity contribution in [3.05, 3.63) is 60.6 Å². The third-order valence-electron chi connectivity index (χ3n) is 3.95. The van der Waals surface area contributed by atoms with E-state index < -0.39 is 26.6 Å². The summed E-state index contributed by atoms with van der Waals surface area (Å²) in [6.45, 7) is 0. The lowest BCUT2D eigenvalue weighted by atomic mass is 10.2. The summed E-state index contributed by atoms with van der Waals surface area (Å²) in [5.41, 5.74) is -1.13. The summed E-state index contributed by atoms with van der Waals surface area (Å²) in [6.07, 6.45) is -2.00. The first-order valence-electron chi connectivity index (χ1n) is 7.42. The Labute approximate surface area is 145 Å². The summed E-state index contributed by atoms with van der Waals surface area (Å²) in [5, 5.41) is 0.571. The van der Waals surface area contributed by atoms with Crippen LogP contribution >= 0.6 is 0 Å². The van der Waals surface area contributed by atoms with E-state index in [4.69, 9.17) is 0 Å². The number of H-pyrrole nitrogens is 1. The fourth-order valence-electron chi connectivity index (χ4n) is 2.78. The van der Waals surface area contributed by atoms with E-state index in [0.717, 1.165) is 0 Å². The Morgan fingerprint density at radius 3 is 2.54 bits per heavy atom. The molecule has 0 spiro atoms. The molecule has 4 rings (SSSR count). The van der Waals surface area contributed by atoms with Gasteiger partial charge in [0.25, 0.3) is 0 Å². The highest BCUT2D eigenvalue weighted by atomic mass is 32.2. The van der Waals surface area contributed by atoms with Crippen LogP contribution in [0.5, 0.6) is 0 Å². The summed E-state index contributed by atoms with van der Waals surface area (Å²) in [6, 6.07) is 9.71. The highest BCUT2D eigenvalue weighted by Crippen LogP contribution is 2.35. The Morgan fingerprint density at radius 1 is 1.00 bits per heavy atom. The molecule has 0 radical (unpaired) electrons. The summed E-state index contributed by atoms with van der Waals surface area (Å²) in [5.74, 6) is 0. The molecule has 26 heavy (non-hydrogen) atoms. The van der Waals surface area contributed by atoms with E-state index in [1.54, 1.807) is 18.2 Å². The van der Waals surface area contributed by atoms with E-state index in [1.165, 1.54) is 30.6 Å². The molecule has 3 heterocycles. The van der Waals surface area contributed by atoms with Gasteiger partial charge in [-0.05, 0) is 24.3 Å². The van der Waals surface area contributed by atoms with Crippen molar-refractivity contribution in [3.8, 4) is 0 Å². The number of nitrogens with one attached hydrogen (secondary N) is 1. The summed E-state index contributed by atoms with van der Waals surface area (Å²) in [7, 11) is -4.28. The Hall–Kier alpha value is -2.94. The Bertz CT molecular complexity index is 1240. The first kappa shape index (κ1) is 16.5. The number of aromatic amines is 1. The van der Waals surface area contributed by atoms with Crippen LogP contribution in [0.1, 0.15) is 5.69 Å². The minimum absolute atomic E-state index is 0.0194. The van der Waals surface area contributed by atoms with Crippen LogP contribution in [0.3, 0.4) is 0 Å². The van der Waals surface area contributed by atoms with Gasteiger partial charge in [0.15, 0.2) is 0 Å². The van der Waals surface area contributed by atoms with E-state index in [-0.39, 0.29) is 21.4 Å². The fourth-order valence-corrected chi connectivity index (χ4v) is 4.40. The second-order valence-corrected chi connectivity index (χ2v) is 7.46. The van der Waals surface area contributed by atoms with Crippen LogP contribution in [-0.4, -0.2) is 23.4 Å². The fraction of sp³-hybridized carbons (Fsp3) is 0.0588. The molecule has 0 saturated carbocycles. The molecule has 0 aliphatic heterocycles. The lowest BCUT2D eigenvalue weighted by molar-refractivity contribution is -0.141. The number of nitrogens with zero attached hydrogens (tertiary/aromatic N) is 2. The minimum Gasteiger partial charge on any atom is -0.359 e. The number of alkyl halides is 3. The first-order chi connectivity index (χ1) is 12.3. The summed E-state index contributed by atoms with van der Waals surface area (Å²) in [4.78, 5) is 9.60. The molecular weight excluding hydrogens is 367 g/mol. The zero-order valence-corrected chi connectivity index (χ0v) is 13.8. The summed E-state index contributed by atoms with van der Waals surface area (Å²) >= 11 is 0. The van der Waals surface area contributed by atoms with Crippen LogP contribution < -0.4 is 0 Å². The predicted octanol–water partition coefficient (Wildman–Crippen LogP) is 3.96. The maximum atomic E-state index is 13.2. The number of fused-ring (bicyclic) bond motifs is 2. The molecule has 0 amide bonds. The van der Waals surface area contributed by atoms with Crippen molar-refractivity contribution in [3.63, 3.8) is 0 Å². The van der Waals surface area contributed by atoms with Crippen molar-refractivity contribution in [2.45, 2.75) is 16.0 Å². The second-order valence-electron chi connectivity index (χ2n) is 5.58. The van der Waals surface area contributed by atoms with Gasteiger partial charge in [-0.25, -0.2) is 13.4 Å². The SMILES string of the molecule is O=S(=O)(c1cccc2cccnc12)c1cc(C(F)(F)F)nc2cc[nH]c12. The lowest BCUT2D eigenvalue weighted by Crippen LogP contribution is -2.12. The molecule has 9 heteroatoms. The molecule has 0 saturated heterocycles. The van der Waals surface area contributed by atoms with Crippen molar-refractivity contribution in [2.24, 2.45) is 0 Å². The number of rotatable bonds is 2. The van der Waals surface area contributed by atoms with Crippen molar-refractivity contribution in [1.29, 1.82) is 0 Å². The maximum absolute atomic E-state index is 13.2. The average Bonchev–Trinajstić information content (AvgIpc) is 3.08. The zero-order chi connectivity index (χ0) is 18.5. The number of hydrogen-bond acceptors (Lipinski definition) is 4. The van der Waals surface area contributed by atoms with E-state index in [1.807, 2.05) is 0 Å². The third kappa shape index (κ3) is 2.51. The maximum Gasteiger partial charge on any atom is 0.433 e.